The van der Waals surface area contributed by atoms with E-state index in [4.69, 9.17) is 12.2 Å². The number of thiocarbonyl (C=S) groups is 1. The number of anilines is 2. The lowest BCUT2D eigenvalue weighted by atomic mass is 10.0. The van der Waals surface area contributed by atoms with Gasteiger partial charge >= 0.3 is 0 Å². The summed E-state index contributed by atoms with van der Waals surface area (Å²) < 4.78 is 28.1. The van der Waals surface area contributed by atoms with Gasteiger partial charge in [-0.3, -0.25) is 9.71 Å². The van der Waals surface area contributed by atoms with Crippen LogP contribution in [-0.2, 0) is 10.0 Å². The van der Waals surface area contributed by atoms with Crippen molar-refractivity contribution in [1.82, 2.24) is 14.9 Å². The number of hydrogen-bond donors (Lipinski definition) is 2. The molecule has 7 nitrogen and oxygen atoms in total. The van der Waals surface area contributed by atoms with Crippen LogP contribution < -0.4 is 14.9 Å². The Bertz CT molecular complexity index is 1730. The van der Waals surface area contributed by atoms with Crippen molar-refractivity contribution in [3.8, 4) is 5.69 Å². The van der Waals surface area contributed by atoms with E-state index in [1.165, 1.54) is 5.39 Å². The van der Waals surface area contributed by atoms with E-state index < -0.39 is 10.0 Å². The standard InChI is InChI=1S/C29H25N5O2S2/c1-38(35,36)32-22-12-15-23(16-13-22)34-28(27(31-29(34)37)25-9-4-5-17-30-25)26-10-6-18-33(26)24-14-11-20-7-2-3-8-21(20)19-24/h2-19,27-28,32H,1H3,(H,31,37)/t27-,28-/m1/s1. The number of pyridine rings is 1. The molecule has 0 spiro atoms. The highest BCUT2D eigenvalue weighted by molar-refractivity contribution is 7.92. The SMILES string of the molecule is CS(=O)(=O)Nc1ccc(N2C(=S)N[C@H](c3ccccn3)[C@H]2c2cccn2-c2ccc3ccccc3c2)cc1. The van der Waals surface area contributed by atoms with Crippen LogP contribution in [-0.4, -0.2) is 29.3 Å². The molecule has 1 aliphatic rings. The zero-order valence-electron chi connectivity index (χ0n) is 20.5. The summed E-state index contributed by atoms with van der Waals surface area (Å²) in [4.78, 5) is 6.72. The highest BCUT2D eigenvalue weighted by Gasteiger charge is 2.42. The second-order valence-electron chi connectivity index (χ2n) is 9.25. The third-order valence-electron chi connectivity index (χ3n) is 6.64. The molecule has 3 heterocycles. The monoisotopic (exact) mass is 539 g/mol. The Balaban J connectivity index is 1.46. The minimum Gasteiger partial charge on any atom is -0.351 e. The Labute approximate surface area is 226 Å². The molecule has 1 aliphatic heterocycles. The number of aromatic nitrogens is 2. The van der Waals surface area contributed by atoms with E-state index in [2.05, 4.69) is 67.1 Å². The Kier molecular flexibility index (Phi) is 6.09. The first-order chi connectivity index (χ1) is 18.4. The highest BCUT2D eigenvalue weighted by atomic mass is 32.2. The van der Waals surface area contributed by atoms with Crippen molar-refractivity contribution >= 4 is 49.5 Å². The molecule has 5 aromatic rings. The van der Waals surface area contributed by atoms with E-state index in [0.717, 1.165) is 34.4 Å². The molecule has 1 fully saturated rings. The van der Waals surface area contributed by atoms with Crippen molar-refractivity contribution in [2.24, 2.45) is 0 Å². The Morgan fingerprint density at radius 3 is 2.34 bits per heavy atom. The molecule has 3 aromatic carbocycles. The second-order valence-corrected chi connectivity index (χ2v) is 11.4. The molecule has 9 heteroatoms. The fourth-order valence-electron chi connectivity index (χ4n) is 5.03. The maximum absolute atomic E-state index is 11.7. The maximum atomic E-state index is 11.7. The van der Waals surface area contributed by atoms with E-state index in [9.17, 15) is 8.42 Å². The van der Waals surface area contributed by atoms with Gasteiger partial charge in [-0.15, -0.1) is 0 Å². The molecule has 0 amide bonds. The predicted octanol–water partition coefficient (Wildman–Crippen LogP) is 5.57. The van der Waals surface area contributed by atoms with Crippen molar-refractivity contribution in [3.63, 3.8) is 0 Å². The largest absolute Gasteiger partial charge is 0.351 e. The number of fused-ring (bicyclic) bond motifs is 1. The second kappa shape index (κ2) is 9.59. The third kappa shape index (κ3) is 4.62. The van der Waals surface area contributed by atoms with Gasteiger partial charge in [-0.2, -0.15) is 0 Å². The lowest BCUT2D eigenvalue weighted by Crippen LogP contribution is -2.30. The van der Waals surface area contributed by atoms with Gasteiger partial charge in [-0.1, -0.05) is 36.4 Å². The number of benzene rings is 3. The summed E-state index contributed by atoms with van der Waals surface area (Å²) >= 11 is 5.86. The minimum atomic E-state index is -3.38. The van der Waals surface area contributed by atoms with Crippen LogP contribution in [0.25, 0.3) is 16.5 Å². The van der Waals surface area contributed by atoms with Gasteiger partial charge in [0.2, 0.25) is 10.0 Å². The van der Waals surface area contributed by atoms with Gasteiger partial charge in [0.15, 0.2) is 5.11 Å². The topological polar surface area (TPSA) is 79.3 Å². The summed E-state index contributed by atoms with van der Waals surface area (Å²) in [5.74, 6) is 0. The normalized spacial score (nSPS) is 17.5. The van der Waals surface area contributed by atoms with Gasteiger partial charge in [0.25, 0.3) is 0 Å². The van der Waals surface area contributed by atoms with Gasteiger partial charge in [0.1, 0.15) is 6.04 Å². The van der Waals surface area contributed by atoms with Crippen LogP contribution in [0.3, 0.4) is 0 Å². The lowest BCUT2D eigenvalue weighted by molar-refractivity contribution is 0.549. The molecule has 2 aromatic heterocycles. The minimum absolute atomic E-state index is 0.202. The van der Waals surface area contributed by atoms with Gasteiger partial charge < -0.3 is 14.8 Å². The molecular formula is C29H25N5O2S2. The predicted molar refractivity (Wildman–Crippen MR) is 156 cm³/mol. The number of nitrogens with zero attached hydrogens (tertiary/aromatic N) is 3. The summed E-state index contributed by atoms with van der Waals surface area (Å²) in [6.45, 7) is 0. The molecule has 0 aliphatic carbocycles. The van der Waals surface area contributed by atoms with Crippen LogP contribution in [0.2, 0.25) is 0 Å². The van der Waals surface area contributed by atoms with E-state index in [0.29, 0.717) is 10.8 Å². The zero-order chi connectivity index (χ0) is 26.3. The molecule has 1 saturated heterocycles. The zero-order valence-corrected chi connectivity index (χ0v) is 22.2. The first-order valence-electron chi connectivity index (χ1n) is 12.1. The third-order valence-corrected chi connectivity index (χ3v) is 7.56. The molecular weight excluding hydrogens is 514 g/mol. The van der Waals surface area contributed by atoms with Gasteiger partial charge in [0, 0.05) is 35.1 Å². The summed E-state index contributed by atoms with van der Waals surface area (Å²) in [6, 6.07) is 31.6. The number of sulfonamides is 1. The van der Waals surface area contributed by atoms with Gasteiger partial charge in [-0.25, -0.2) is 8.42 Å². The van der Waals surface area contributed by atoms with Crippen molar-refractivity contribution in [2.45, 2.75) is 12.1 Å². The molecule has 6 rings (SSSR count). The summed E-state index contributed by atoms with van der Waals surface area (Å²) in [6.07, 6.45) is 4.98. The summed E-state index contributed by atoms with van der Waals surface area (Å²) in [5, 5.41) is 6.41. The Morgan fingerprint density at radius 2 is 1.61 bits per heavy atom. The van der Waals surface area contributed by atoms with Crippen molar-refractivity contribution in [3.05, 3.63) is 121 Å². The lowest BCUT2D eigenvalue weighted by Gasteiger charge is -2.29. The van der Waals surface area contributed by atoms with Crippen molar-refractivity contribution < 1.29 is 8.42 Å². The molecule has 0 saturated carbocycles. The fourth-order valence-corrected chi connectivity index (χ4v) is 5.94. The smallest absolute Gasteiger partial charge is 0.229 e. The first kappa shape index (κ1) is 24.1. The number of nitrogens with one attached hydrogen (secondary N) is 2. The molecule has 2 atom stereocenters. The highest BCUT2D eigenvalue weighted by Crippen LogP contribution is 2.42. The average molecular weight is 540 g/mol. The van der Waals surface area contributed by atoms with Crippen LogP contribution in [0.15, 0.2) is 109 Å². The molecule has 0 unspecified atom stereocenters. The summed E-state index contributed by atoms with van der Waals surface area (Å²) in [7, 11) is -3.38. The van der Waals surface area contributed by atoms with E-state index >= 15 is 0 Å². The number of hydrogen-bond acceptors (Lipinski definition) is 4. The molecule has 0 radical (unpaired) electrons. The summed E-state index contributed by atoms with van der Waals surface area (Å²) in [5.41, 5.74) is 4.31. The first-order valence-corrected chi connectivity index (χ1v) is 14.4. The van der Waals surface area contributed by atoms with Crippen LogP contribution in [0.4, 0.5) is 11.4 Å². The van der Waals surface area contributed by atoms with Gasteiger partial charge in [0.05, 0.1) is 18.0 Å². The molecule has 2 N–H and O–H groups in total. The van der Waals surface area contributed by atoms with Crippen molar-refractivity contribution in [2.75, 3.05) is 15.9 Å². The van der Waals surface area contributed by atoms with E-state index in [1.54, 1.807) is 18.3 Å². The van der Waals surface area contributed by atoms with E-state index in [1.807, 2.05) is 48.5 Å². The van der Waals surface area contributed by atoms with Crippen LogP contribution in [0, 0.1) is 0 Å². The van der Waals surface area contributed by atoms with Crippen molar-refractivity contribution in [1.29, 1.82) is 0 Å². The molecule has 0 bridgehead atoms. The fraction of sp³-hybridized carbons (Fsp3) is 0.103. The number of rotatable bonds is 6. The van der Waals surface area contributed by atoms with Crippen LogP contribution in [0.5, 0.6) is 0 Å². The van der Waals surface area contributed by atoms with Crippen LogP contribution >= 0.6 is 12.2 Å². The maximum Gasteiger partial charge on any atom is 0.229 e. The Morgan fingerprint density at radius 1 is 0.868 bits per heavy atom. The quantitative estimate of drug-likeness (QED) is 0.275. The van der Waals surface area contributed by atoms with Gasteiger partial charge in [-0.05, 0) is 83.7 Å². The Hall–Kier alpha value is -4.21. The average Bonchev–Trinajstić information content (AvgIpc) is 3.53. The van der Waals surface area contributed by atoms with Crippen LogP contribution in [0.1, 0.15) is 23.5 Å². The molecule has 190 valence electrons. The molecule has 38 heavy (non-hydrogen) atoms. The van der Waals surface area contributed by atoms with E-state index in [-0.39, 0.29) is 12.1 Å².